The van der Waals surface area contributed by atoms with Crippen LogP contribution < -0.4 is 16.2 Å². The Morgan fingerprint density at radius 2 is 2.07 bits per heavy atom. The van der Waals surface area contributed by atoms with E-state index in [9.17, 15) is 14.0 Å². The topological polar surface area (TPSA) is 79.5 Å². The number of ether oxygens (including phenoxy) is 1. The van der Waals surface area contributed by atoms with Gasteiger partial charge in [-0.05, 0) is 42.9 Å². The van der Waals surface area contributed by atoms with E-state index < -0.39 is 11.8 Å². The van der Waals surface area contributed by atoms with Gasteiger partial charge in [-0.1, -0.05) is 17.7 Å². The molecule has 1 heterocycles. The van der Waals surface area contributed by atoms with Crippen LogP contribution in [0.5, 0.6) is 0 Å². The maximum atomic E-state index is 13.0. The fourth-order valence-electron chi connectivity index (χ4n) is 2.06. The van der Waals surface area contributed by atoms with Gasteiger partial charge >= 0.3 is 5.97 Å². The summed E-state index contributed by atoms with van der Waals surface area (Å²) in [6.07, 6.45) is 0. The van der Waals surface area contributed by atoms with E-state index in [1.54, 1.807) is 12.1 Å². The first-order valence-electron chi connectivity index (χ1n) is 7.86. The number of hydrazine groups is 1. The number of carbonyl (C=O) groups excluding carboxylic acids is 2. The van der Waals surface area contributed by atoms with Crippen molar-refractivity contribution in [1.82, 2.24) is 10.9 Å². The van der Waals surface area contributed by atoms with Crippen molar-refractivity contribution in [2.75, 3.05) is 18.2 Å². The molecule has 1 aromatic heterocycles. The molecule has 0 spiro atoms. The molecular weight excluding hydrogens is 445 g/mol. The Bertz CT molecular complexity index is 892. The van der Waals surface area contributed by atoms with E-state index in [-0.39, 0.29) is 16.8 Å². The summed E-state index contributed by atoms with van der Waals surface area (Å²) < 4.78 is 17.7. The molecule has 11 heteroatoms. The number of thiophene rings is 1. The molecule has 150 valence electrons. The molecule has 1 amide bonds. The van der Waals surface area contributed by atoms with Crippen LogP contribution in [-0.4, -0.2) is 29.9 Å². The Kier molecular flexibility index (Phi) is 8.49. The smallest absolute Gasteiger partial charge is 0.340 e. The number of esters is 1. The Hall–Kier alpha value is -1.88. The molecule has 1 aromatic carbocycles. The second-order valence-corrected chi connectivity index (χ2v) is 8.50. The van der Waals surface area contributed by atoms with Crippen LogP contribution in [0.25, 0.3) is 0 Å². The molecule has 6 nitrogen and oxygen atoms in total. The molecule has 0 atom stereocenters. The molecule has 0 saturated heterocycles. The minimum Gasteiger partial charge on any atom is -0.465 e. The third-order valence-corrected chi connectivity index (χ3v) is 5.81. The average Bonchev–Trinajstić information content (AvgIpc) is 3.01. The highest BCUT2D eigenvalue weighted by atomic mass is 35.5. The fourth-order valence-corrected chi connectivity index (χ4v) is 4.32. The summed E-state index contributed by atoms with van der Waals surface area (Å²) in [5.74, 6) is -0.573. The molecule has 0 unspecified atom stereocenters. The van der Waals surface area contributed by atoms with Crippen LogP contribution in [0.4, 0.5) is 9.39 Å². The van der Waals surface area contributed by atoms with Crippen molar-refractivity contribution in [1.29, 1.82) is 0 Å². The number of benzene rings is 1. The molecule has 0 aliphatic heterocycles. The van der Waals surface area contributed by atoms with Gasteiger partial charge in [0.15, 0.2) is 5.11 Å². The van der Waals surface area contributed by atoms with E-state index in [1.807, 2.05) is 6.92 Å². The zero-order chi connectivity index (χ0) is 20.7. The number of thioether (sulfide) groups is 1. The highest BCUT2D eigenvalue weighted by Crippen LogP contribution is 2.28. The van der Waals surface area contributed by atoms with E-state index in [0.29, 0.717) is 21.3 Å². The molecule has 0 aliphatic carbocycles. The molecule has 3 N–H and O–H groups in total. The number of halogens is 2. The molecule has 0 saturated carbocycles. The van der Waals surface area contributed by atoms with Crippen molar-refractivity contribution < 1.29 is 18.7 Å². The summed E-state index contributed by atoms with van der Waals surface area (Å²) in [4.78, 5) is 24.6. The number of hydrogen-bond acceptors (Lipinski definition) is 6. The summed E-state index contributed by atoms with van der Waals surface area (Å²) in [5, 5.41) is 3.84. The van der Waals surface area contributed by atoms with Gasteiger partial charge in [-0.2, -0.15) is 0 Å². The van der Waals surface area contributed by atoms with Gasteiger partial charge in [0.25, 0.3) is 0 Å². The second kappa shape index (κ2) is 10.6. The highest BCUT2D eigenvalue weighted by Gasteiger charge is 2.16. The van der Waals surface area contributed by atoms with Crippen LogP contribution in [0.15, 0.2) is 24.3 Å². The predicted molar refractivity (Wildman–Crippen MR) is 115 cm³/mol. The Labute approximate surface area is 180 Å². The van der Waals surface area contributed by atoms with Gasteiger partial charge in [0.2, 0.25) is 5.91 Å². The van der Waals surface area contributed by atoms with Crippen LogP contribution >= 0.6 is 46.9 Å². The molecule has 2 rings (SSSR count). The van der Waals surface area contributed by atoms with E-state index >= 15 is 0 Å². The molecule has 0 fully saturated rings. The van der Waals surface area contributed by atoms with Crippen molar-refractivity contribution in [2.24, 2.45) is 0 Å². The maximum absolute atomic E-state index is 13.0. The van der Waals surface area contributed by atoms with E-state index in [1.165, 1.54) is 42.3 Å². The minimum atomic E-state index is -0.477. The molecule has 0 aliphatic rings. The first-order chi connectivity index (χ1) is 13.3. The average molecular weight is 462 g/mol. The van der Waals surface area contributed by atoms with Crippen molar-refractivity contribution >= 4 is 68.9 Å². The van der Waals surface area contributed by atoms with Crippen LogP contribution in [0.3, 0.4) is 0 Å². The van der Waals surface area contributed by atoms with E-state index in [4.69, 9.17) is 28.6 Å². The largest absolute Gasteiger partial charge is 0.465 e. The lowest BCUT2D eigenvalue weighted by atomic mass is 10.2. The number of methoxy groups -OCH3 is 1. The lowest BCUT2D eigenvalue weighted by Gasteiger charge is -2.11. The van der Waals surface area contributed by atoms with E-state index in [0.717, 1.165) is 10.4 Å². The highest BCUT2D eigenvalue weighted by molar-refractivity contribution is 7.99. The van der Waals surface area contributed by atoms with Gasteiger partial charge in [0.05, 0.1) is 18.4 Å². The molecule has 2 aromatic rings. The van der Waals surface area contributed by atoms with Gasteiger partial charge in [0.1, 0.15) is 10.8 Å². The summed E-state index contributed by atoms with van der Waals surface area (Å²) in [6.45, 7) is 1.85. The fraction of sp³-hybridized carbons (Fsp3) is 0.235. The van der Waals surface area contributed by atoms with Crippen molar-refractivity contribution in [2.45, 2.75) is 12.7 Å². The number of rotatable bonds is 6. The number of anilines is 1. The monoisotopic (exact) mass is 461 g/mol. The maximum Gasteiger partial charge on any atom is 0.340 e. The van der Waals surface area contributed by atoms with Crippen molar-refractivity contribution in [3.8, 4) is 0 Å². The van der Waals surface area contributed by atoms with Crippen molar-refractivity contribution in [3.05, 3.63) is 51.1 Å². The van der Waals surface area contributed by atoms with Crippen LogP contribution in [-0.2, 0) is 15.3 Å². The molecule has 0 bridgehead atoms. The van der Waals surface area contributed by atoms with Crippen molar-refractivity contribution in [3.63, 3.8) is 0 Å². The third kappa shape index (κ3) is 6.62. The SMILES string of the molecule is COC(=O)c1cc(C)sc1NC(=S)NNC(=O)CSCc1ccc(F)cc1Cl. The van der Waals surface area contributed by atoms with Gasteiger partial charge in [-0.25, -0.2) is 9.18 Å². The molecule has 0 radical (unpaired) electrons. The van der Waals surface area contributed by atoms with Gasteiger partial charge in [0, 0.05) is 15.7 Å². The van der Waals surface area contributed by atoms with E-state index in [2.05, 4.69) is 16.2 Å². The third-order valence-electron chi connectivity index (χ3n) is 3.31. The zero-order valence-corrected chi connectivity index (χ0v) is 18.1. The number of amides is 1. The Balaban J connectivity index is 1.77. The second-order valence-electron chi connectivity index (χ2n) is 5.45. The minimum absolute atomic E-state index is 0.131. The summed E-state index contributed by atoms with van der Waals surface area (Å²) in [7, 11) is 1.30. The number of carbonyl (C=O) groups is 2. The quantitative estimate of drug-likeness (QED) is 0.342. The first-order valence-corrected chi connectivity index (χ1v) is 10.6. The summed E-state index contributed by atoms with van der Waals surface area (Å²) in [5.41, 5.74) is 6.15. The standard InChI is InChI=1S/C17H17ClFN3O3S3/c1-9-5-12(16(24)25-2)15(28-9)20-17(26)22-21-14(23)8-27-7-10-3-4-11(19)6-13(10)18/h3-6H,7-8H2,1-2H3,(H,21,23)(H2,20,22,26). The molecule has 28 heavy (non-hydrogen) atoms. The Morgan fingerprint density at radius 1 is 1.32 bits per heavy atom. The van der Waals surface area contributed by atoms with Gasteiger partial charge in [-0.15, -0.1) is 23.1 Å². The predicted octanol–water partition coefficient (Wildman–Crippen LogP) is 3.89. The van der Waals surface area contributed by atoms with Gasteiger partial charge in [-0.3, -0.25) is 15.6 Å². The lowest BCUT2D eigenvalue weighted by Crippen LogP contribution is -2.44. The number of nitrogens with one attached hydrogen (secondary N) is 3. The zero-order valence-electron chi connectivity index (χ0n) is 14.9. The summed E-state index contributed by atoms with van der Waals surface area (Å²) in [6, 6.07) is 5.83. The number of hydrogen-bond donors (Lipinski definition) is 3. The Morgan fingerprint density at radius 3 is 2.75 bits per heavy atom. The number of aryl methyl sites for hydroxylation is 1. The van der Waals surface area contributed by atoms with Gasteiger partial charge < -0.3 is 10.1 Å². The first kappa shape index (κ1) is 22.4. The van der Waals surface area contributed by atoms with Crippen LogP contribution in [0.1, 0.15) is 20.8 Å². The molecular formula is C17H17ClFN3O3S3. The van der Waals surface area contributed by atoms with Crippen LogP contribution in [0.2, 0.25) is 5.02 Å². The normalized spacial score (nSPS) is 10.3. The van der Waals surface area contributed by atoms with Crippen LogP contribution in [0, 0.1) is 12.7 Å². The summed E-state index contributed by atoms with van der Waals surface area (Å²) >= 11 is 13.7. The number of thiocarbonyl (C=S) groups is 1. The lowest BCUT2D eigenvalue weighted by molar-refractivity contribution is -0.119.